The van der Waals surface area contributed by atoms with E-state index in [0.29, 0.717) is 25.4 Å². The van der Waals surface area contributed by atoms with Crippen molar-refractivity contribution in [3.63, 3.8) is 0 Å². The van der Waals surface area contributed by atoms with Gasteiger partial charge in [0.15, 0.2) is 0 Å². The van der Waals surface area contributed by atoms with E-state index in [1.54, 1.807) is 17.0 Å². The summed E-state index contributed by atoms with van der Waals surface area (Å²) in [6.07, 6.45) is 1.76. The molecule has 1 atom stereocenters. The standard InChI is InChI=1S/C20H24FN3O3/c1-13-18(14(2)27-23-13)11-22-20(26)16-4-3-9-24(12-16)19(25)10-15-5-7-17(21)8-6-15/h5-8,16H,3-4,9-12H2,1-2H3,(H,22,26). The second-order valence-corrected chi connectivity index (χ2v) is 7.00. The third kappa shape index (κ3) is 4.72. The molecule has 0 radical (unpaired) electrons. The van der Waals surface area contributed by atoms with Crippen LogP contribution in [0.3, 0.4) is 0 Å². The number of likely N-dealkylation sites (tertiary alicyclic amines) is 1. The SMILES string of the molecule is Cc1noc(C)c1CNC(=O)C1CCCN(C(=O)Cc2ccc(F)cc2)C1. The van der Waals surface area contributed by atoms with Crippen LogP contribution in [0.4, 0.5) is 4.39 Å². The van der Waals surface area contributed by atoms with E-state index < -0.39 is 0 Å². The van der Waals surface area contributed by atoms with Crippen LogP contribution in [-0.2, 0) is 22.6 Å². The molecule has 0 spiro atoms. The highest BCUT2D eigenvalue weighted by Crippen LogP contribution is 2.19. The summed E-state index contributed by atoms with van der Waals surface area (Å²) in [6, 6.07) is 5.93. The molecule has 1 N–H and O–H groups in total. The lowest BCUT2D eigenvalue weighted by Gasteiger charge is -2.32. The van der Waals surface area contributed by atoms with Gasteiger partial charge in [0.05, 0.1) is 18.0 Å². The fraction of sp³-hybridized carbons (Fsp3) is 0.450. The lowest BCUT2D eigenvalue weighted by Crippen LogP contribution is -2.45. The van der Waals surface area contributed by atoms with Crippen molar-refractivity contribution in [1.29, 1.82) is 0 Å². The zero-order valence-corrected chi connectivity index (χ0v) is 15.6. The third-order valence-electron chi connectivity index (χ3n) is 5.03. The number of carbonyl (C=O) groups excluding carboxylic acids is 2. The zero-order valence-electron chi connectivity index (χ0n) is 15.6. The Balaban J connectivity index is 1.54. The second-order valence-electron chi connectivity index (χ2n) is 7.00. The fourth-order valence-corrected chi connectivity index (χ4v) is 3.38. The van der Waals surface area contributed by atoms with Crippen LogP contribution >= 0.6 is 0 Å². The summed E-state index contributed by atoms with van der Waals surface area (Å²) in [5.74, 6) is 0.0576. The molecule has 0 bridgehead atoms. The maximum absolute atomic E-state index is 13.0. The number of hydrogen-bond donors (Lipinski definition) is 1. The minimum absolute atomic E-state index is 0.0372. The van der Waals surface area contributed by atoms with Gasteiger partial charge in [-0.2, -0.15) is 0 Å². The number of rotatable bonds is 5. The van der Waals surface area contributed by atoms with Crippen LogP contribution in [0, 0.1) is 25.6 Å². The van der Waals surface area contributed by atoms with E-state index in [1.807, 2.05) is 13.8 Å². The van der Waals surface area contributed by atoms with Crippen LogP contribution in [0.5, 0.6) is 0 Å². The van der Waals surface area contributed by atoms with E-state index in [0.717, 1.165) is 29.7 Å². The number of aryl methyl sites for hydroxylation is 2. The lowest BCUT2D eigenvalue weighted by molar-refractivity contribution is -0.135. The fourth-order valence-electron chi connectivity index (χ4n) is 3.38. The number of halogens is 1. The molecule has 1 aromatic heterocycles. The Kier molecular flexibility index (Phi) is 5.88. The number of carbonyl (C=O) groups is 2. The van der Waals surface area contributed by atoms with Gasteiger partial charge in [-0.1, -0.05) is 17.3 Å². The number of amides is 2. The Hall–Kier alpha value is -2.70. The summed E-state index contributed by atoms with van der Waals surface area (Å²) in [4.78, 5) is 26.8. The number of nitrogens with zero attached hydrogens (tertiary/aromatic N) is 2. The Morgan fingerprint density at radius 3 is 2.70 bits per heavy atom. The summed E-state index contributed by atoms with van der Waals surface area (Å²) >= 11 is 0. The number of piperidine rings is 1. The van der Waals surface area contributed by atoms with Gasteiger partial charge < -0.3 is 14.7 Å². The van der Waals surface area contributed by atoms with Crippen molar-refractivity contribution in [2.75, 3.05) is 13.1 Å². The Morgan fingerprint density at radius 1 is 1.30 bits per heavy atom. The highest BCUT2D eigenvalue weighted by Gasteiger charge is 2.28. The largest absolute Gasteiger partial charge is 0.361 e. The van der Waals surface area contributed by atoms with Crippen LogP contribution in [0.25, 0.3) is 0 Å². The summed E-state index contributed by atoms with van der Waals surface area (Å²) < 4.78 is 18.1. The van der Waals surface area contributed by atoms with Crippen molar-refractivity contribution in [3.8, 4) is 0 Å². The predicted octanol–water partition coefficient (Wildman–Crippen LogP) is 2.53. The molecule has 2 aromatic rings. The zero-order chi connectivity index (χ0) is 19.4. The maximum atomic E-state index is 13.0. The Labute approximate surface area is 157 Å². The Morgan fingerprint density at radius 2 is 2.04 bits per heavy atom. The number of nitrogens with one attached hydrogen (secondary N) is 1. The van der Waals surface area contributed by atoms with Crippen LogP contribution in [0.2, 0.25) is 0 Å². The predicted molar refractivity (Wildman–Crippen MR) is 97.2 cm³/mol. The maximum Gasteiger partial charge on any atom is 0.227 e. The highest BCUT2D eigenvalue weighted by atomic mass is 19.1. The lowest BCUT2D eigenvalue weighted by atomic mass is 9.96. The summed E-state index contributed by atoms with van der Waals surface area (Å²) in [7, 11) is 0. The molecule has 0 saturated carbocycles. The van der Waals surface area contributed by atoms with E-state index in [9.17, 15) is 14.0 Å². The molecule has 1 aliphatic rings. The summed E-state index contributed by atoms with van der Waals surface area (Å²) in [6.45, 7) is 5.09. The molecule has 27 heavy (non-hydrogen) atoms. The normalized spacial score (nSPS) is 17.0. The molecule has 6 nitrogen and oxygen atoms in total. The van der Waals surface area contributed by atoms with Gasteiger partial charge in [0, 0.05) is 25.2 Å². The molecule has 0 aliphatic carbocycles. The molecular weight excluding hydrogens is 349 g/mol. The van der Waals surface area contributed by atoms with E-state index in [1.165, 1.54) is 12.1 Å². The quantitative estimate of drug-likeness (QED) is 0.874. The number of aromatic nitrogens is 1. The van der Waals surface area contributed by atoms with Gasteiger partial charge in [0.1, 0.15) is 11.6 Å². The molecule has 144 valence electrons. The topological polar surface area (TPSA) is 75.4 Å². The van der Waals surface area contributed by atoms with Crippen molar-refractivity contribution in [2.24, 2.45) is 5.92 Å². The van der Waals surface area contributed by atoms with Gasteiger partial charge in [-0.05, 0) is 44.4 Å². The number of benzene rings is 1. The van der Waals surface area contributed by atoms with Crippen molar-refractivity contribution in [2.45, 2.75) is 39.7 Å². The summed E-state index contributed by atoms with van der Waals surface area (Å²) in [5.41, 5.74) is 2.43. The molecule has 1 aromatic carbocycles. The van der Waals surface area contributed by atoms with E-state index in [-0.39, 0.29) is 30.0 Å². The first-order valence-corrected chi connectivity index (χ1v) is 9.15. The molecule has 1 aliphatic heterocycles. The van der Waals surface area contributed by atoms with Gasteiger partial charge in [-0.15, -0.1) is 0 Å². The average molecular weight is 373 g/mol. The van der Waals surface area contributed by atoms with Gasteiger partial charge in [0.2, 0.25) is 11.8 Å². The molecule has 1 saturated heterocycles. The Bertz CT molecular complexity index is 797. The highest BCUT2D eigenvalue weighted by molar-refractivity contribution is 5.82. The van der Waals surface area contributed by atoms with E-state index in [2.05, 4.69) is 10.5 Å². The molecule has 7 heteroatoms. The molecular formula is C20H24FN3O3. The average Bonchev–Trinajstić information content (AvgIpc) is 2.99. The number of hydrogen-bond acceptors (Lipinski definition) is 4. The van der Waals surface area contributed by atoms with Crippen LogP contribution in [0.1, 0.15) is 35.4 Å². The van der Waals surface area contributed by atoms with Crippen LogP contribution in [0.15, 0.2) is 28.8 Å². The summed E-state index contributed by atoms with van der Waals surface area (Å²) in [5, 5.41) is 6.82. The molecule has 1 fully saturated rings. The van der Waals surface area contributed by atoms with Gasteiger partial charge in [-0.3, -0.25) is 9.59 Å². The third-order valence-corrected chi connectivity index (χ3v) is 5.03. The minimum Gasteiger partial charge on any atom is -0.361 e. The molecule has 2 amide bonds. The first-order chi connectivity index (χ1) is 12.9. The smallest absolute Gasteiger partial charge is 0.227 e. The van der Waals surface area contributed by atoms with E-state index in [4.69, 9.17) is 4.52 Å². The first-order valence-electron chi connectivity index (χ1n) is 9.15. The van der Waals surface area contributed by atoms with Gasteiger partial charge >= 0.3 is 0 Å². The minimum atomic E-state index is -0.320. The van der Waals surface area contributed by atoms with Crippen molar-refractivity contribution < 1.29 is 18.5 Å². The van der Waals surface area contributed by atoms with Gasteiger partial charge in [-0.25, -0.2) is 4.39 Å². The second kappa shape index (κ2) is 8.33. The van der Waals surface area contributed by atoms with Crippen molar-refractivity contribution >= 4 is 11.8 Å². The monoisotopic (exact) mass is 373 g/mol. The molecule has 1 unspecified atom stereocenters. The van der Waals surface area contributed by atoms with Crippen LogP contribution < -0.4 is 5.32 Å². The molecule has 2 heterocycles. The van der Waals surface area contributed by atoms with Gasteiger partial charge in [0.25, 0.3) is 0 Å². The van der Waals surface area contributed by atoms with Crippen molar-refractivity contribution in [3.05, 3.63) is 52.7 Å². The van der Waals surface area contributed by atoms with E-state index >= 15 is 0 Å². The van der Waals surface area contributed by atoms with Crippen molar-refractivity contribution in [1.82, 2.24) is 15.4 Å². The first kappa shape index (κ1) is 19.1. The van der Waals surface area contributed by atoms with Crippen LogP contribution in [-0.4, -0.2) is 35.0 Å². The molecule has 3 rings (SSSR count).